The molecule has 0 saturated heterocycles. The third-order valence-electron chi connectivity index (χ3n) is 3.94. The second kappa shape index (κ2) is 8.34. The molecule has 0 aromatic heterocycles. The molecule has 0 saturated carbocycles. The van der Waals surface area contributed by atoms with Crippen LogP contribution in [0.25, 0.3) is 0 Å². The van der Waals surface area contributed by atoms with Crippen molar-refractivity contribution in [1.82, 2.24) is 10.2 Å². The highest BCUT2D eigenvalue weighted by molar-refractivity contribution is 5.81. The summed E-state index contributed by atoms with van der Waals surface area (Å²) in [5.41, 5.74) is 2.25. The van der Waals surface area contributed by atoms with Gasteiger partial charge >= 0.3 is 0 Å². The molecular formula is C19H24N2O2. The van der Waals surface area contributed by atoms with Crippen LogP contribution in [0.15, 0.2) is 54.6 Å². The van der Waals surface area contributed by atoms with Crippen LogP contribution >= 0.6 is 0 Å². The van der Waals surface area contributed by atoms with Crippen LogP contribution in [0.4, 0.5) is 0 Å². The van der Waals surface area contributed by atoms with Gasteiger partial charge in [-0.1, -0.05) is 42.5 Å². The number of carbonyl (C=O) groups is 1. The van der Waals surface area contributed by atoms with E-state index in [2.05, 4.69) is 17.4 Å². The topological polar surface area (TPSA) is 41.6 Å². The quantitative estimate of drug-likeness (QED) is 0.855. The predicted molar refractivity (Wildman–Crippen MR) is 92.2 cm³/mol. The van der Waals surface area contributed by atoms with Gasteiger partial charge in [-0.25, -0.2) is 0 Å². The number of nitrogens with zero attached hydrogens (tertiary/aromatic N) is 1. The lowest BCUT2D eigenvalue weighted by Crippen LogP contribution is -2.42. The molecule has 0 unspecified atom stereocenters. The van der Waals surface area contributed by atoms with Crippen LogP contribution in [0.5, 0.6) is 5.75 Å². The summed E-state index contributed by atoms with van der Waals surface area (Å²) in [6.07, 6.45) is 0. The Labute approximate surface area is 138 Å². The molecule has 122 valence electrons. The van der Waals surface area contributed by atoms with Gasteiger partial charge in [-0.15, -0.1) is 0 Å². The monoisotopic (exact) mass is 312 g/mol. The predicted octanol–water partition coefficient (Wildman–Crippen LogP) is 2.83. The molecule has 0 heterocycles. The number of ether oxygens (including phenoxy) is 1. The van der Waals surface area contributed by atoms with Crippen LogP contribution in [-0.2, 0) is 17.9 Å². The van der Waals surface area contributed by atoms with Crippen LogP contribution in [0.3, 0.4) is 0 Å². The first-order valence-corrected chi connectivity index (χ1v) is 7.75. The number of likely N-dealkylation sites (N-methyl/N-ethyl adjacent to an activating group) is 1. The van der Waals surface area contributed by atoms with Crippen LogP contribution < -0.4 is 10.1 Å². The van der Waals surface area contributed by atoms with E-state index in [1.54, 1.807) is 7.11 Å². The maximum Gasteiger partial charge on any atom is 0.237 e. The molecular weight excluding hydrogens is 288 g/mol. The standard InChI is InChI=1S/C19H24N2O2/c1-15(21(2)14-17-7-5-4-6-8-17)19(22)20-13-16-9-11-18(23-3)12-10-16/h4-12,15H,13-14H2,1-3H3,(H,20,22)/t15-/m0/s1. The molecule has 0 aliphatic heterocycles. The Bertz CT molecular complexity index is 611. The average molecular weight is 312 g/mol. The Hall–Kier alpha value is -2.33. The first-order valence-electron chi connectivity index (χ1n) is 7.75. The number of hydrogen-bond donors (Lipinski definition) is 1. The SMILES string of the molecule is COc1ccc(CNC(=O)[C@H](C)N(C)Cc2ccccc2)cc1. The Morgan fingerprint density at radius 2 is 1.74 bits per heavy atom. The summed E-state index contributed by atoms with van der Waals surface area (Å²) in [5.74, 6) is 0.843. The number of benzene rings is 2. The Kier molecular flexibility index (Phi) is 6.18. The molecule has 2 aromatic rings. The molecule has 0 fully saturated rings. The van der Waals surface area contributed by atoms with Crippen molar-refractivity contribution in [1.29, 1.82) is 0 Å². The van der Waals surface area contributed by atoms with Crippen molar-refractivity contribution in [2.45, 2.75) is 26.1 Å². The fourth-order valence-corrected chi connectivity index (χ4v) is 2.29. The van der Waals surface area contributed by atoms with Gasteiger partial charge in [0.15, 0.2) is 0 Å². The number of nitrogens with one attached hydrogen (secondary N) is 1. The second-order valence-corrected chi connectivity index (χ2v) is 5.64. The highest BCUT2D eigenvalue weighted by Crippen LogP contribution is 2.11. The minimum absolute atomic E-state index is 0.0271. The van der Waals surface area contributed by atoms with Gasteiger partial charge < -0.3 is 10.1 Å². The second-order valence-electron chi connectivity index (χ2n) is 5.64. The molecule has 0 radical (unpaired) electrons. The van der Waals surface area contributed by atoms with E-state index in [1.165, 1.54) is 5.56 Å². The van der Waals surface area contributed by atoms with Crippen molar-refractivity contribution in [3.8, 4) is 5.75 Å². The molecule has 2 rings (SSSR count). The number of carbonyl (C=O) groups excluding carboxylic acids is 1. The summed E-state index contributed by atoms with van der Waals surface area (Å²) < 4.78 is 5.13. The van der Waals surface area contributed by atoms with Crippen molar-refractivity contribution in [3.05, 3.63) is 65.7 Å². The van der Waals surface area contributed by atoms with Gasteiger partial charge in [0.2, 0.25) is 5.91 Å². The number of methoxy groups -OCH3 is 1. The molecule has 0 bridgehead atoms. The summed E-state index contributed by atoms with van der Waals surface area (Å²) in [6, 6.07) is 17.7. The zero-order valence-corrected chi connectivity index (χ0v) is 14.0. The lowest BCUT2D eigenvalue weighted by molar-refractivity contribution is -0.125. The molecule has 23 heavy (non-hydrogen) atoms. The lowest BCUT2D eigenvalue weighted by Gasteiger charge is -2.24. The van der Waals surface area contributed by atoms with Gasteiger partial charge in [0.05, 0.1) is 13.2 Å². The number of rotatable bonds is 7. The van der Waals surface area contributed by atoms with E-state index in [-0.39, 0.29) is 11.9 Å². The van der Waals surface area contributed by atoms with Crippen molar-refractivity contribution >= 4 is 5.91 Å². The first-order chi connectivity index (χ1) is 11.1. The summed E-state index contributed by atoms with van der Waals surface area (Å²) >= 11 is 0. The van der Waals surface area contributed by atoms with E-state index in [0.717, 1.165) is 17.9 Å². The van der Waals surface area contributed by atoms with Crippen LogP contribution in [0.1, 0.15) is 18.1 Å². The number of amides is 1. The van der Waals surface area contributed by atoms with Gasteiger partial charge in [-0.05, 0) is 37.2 Å². The van der Waals surface area contributed by atoms with Crippen molar-refractivity contribution in [2.24, 2.45) is 0 Å². The largest absolute Gasteiger partial charge is 0.497 e. The third-order valence-corrected chi connectivity index (χ3v) is 3.94. The first kappa shape index (κ1) is 17.0. The summed E-state index contributed by atoms with van der Waals surface area (Å²) in [7, 11) is 3.60. The number of hydrogen-bond acceptors (Lipinski definition) is 3. The van der Waals surface area contributed by atoms with Gasteiger partial charge in [-0.2, -0.15) is 0 Å². The normalized spacial score (nSPS) is 12.0. The minimum Gasteiger partial charge on any atom is -0.497 e. The highest BCUT2D eigenvalue weighted by Gasteiger charge is 2.17. The van der Waals surface area contributed by atoms with Crippen molar-refractivity contribution in [2.75, 3.05) is 14.2 Å². The van der Waals surface area contributed by atoms with Crippen molar-refractivity contribution < 1.29 is 9.53 Å². The molecule has 0 aliphatic rings. The summed E-state index contributed by atoms with van der Waals surface area (Å²) in [5, 5.41) is 2.98. The van der Waals surface area contributed by atoms with E-state index in [9.17, 15) is 4.79 Å². The van der Waals surface area contributed by atoms with Crippen LogP contribution in [-0.4, -0.2) is 31.0 Å². The molecule has 1 atom stereocenters. The van der Waals surface area contributed by atoms with Gasteiger partial charge in [0.1, 0.15) is 5.75 Å². The fourth-order valence-electron chi connectivity index (χ4n) is 2.29. The van der Waals surface area contributed by atoms with E-state index < -0.39 is 0 Å². The van der Waals surface area contributed by atoms with E-state index in [0.29, 0.717) is 6.54 Å². The average Bonchev–Trinajstić information content (AvgIpc) is 2.60. The molecule has 1 N–H and O–H groups in total. The molecule has 4 nitrogen and oxygen atoms in total. The zero-order valence-electron chi connectivity index (χ0n) is 14.0. The Morgan fingerprint density at radius 3 is 2.35 bits per heavy atom. The van der Waals surface area contributed by atoms with Crippen molar-refractivity contribution in [3.63, 3.8) is 0 Å². The maximum absolute atomic E-state index is 12.3. The highest BCUT2D eigenvalue weighted by atomic mass is 16.5. The van der Waals surface area contributed by atoms with E-state index >= 15 is 0 Å². The van der Waals surface area contributed by atoms with E-state index in [4.69, 9.17) is 4.74 Å². The molecule has 2 aromatic carbocycles. The van der Waals surface area contributed by atoms with Gasteiger partial charge in [0, 0.05) is 13.1 Å². The lowest BCUT2D eigenvalue weighted by atomic mass is 10.1. The van der Waals surface area contributed by atoms with Crippen LogP contribution in [0.2, 0.25) is 0 Å². The molecule has 0 aliphatic carbocycles. The zero-order chi connectivity index (χ0) is 16.7. The van der Waals surface area contributed by atoms with Gasteiger partial charge in [0.25, 0.3) is 0 Å². The summed E-state index contributed by atoms with van der Waals surface area (Å²) in [4.78, 5) is 14.3. The smallest absolute Gasteiger partial charge is 0.237 e. The maximum atomic E-state index is 12.3. The van der Waals surface area contributed by atoms with Crippen LogP contribution in [0, 0.1) is 0 Å². The molecule has 1 amide bonds. The minimum atomic E-state index is -0.187. The fraction of sp³-hybridized carbons (Fsp3) is 0.316. The van der Waals surface area contributed by atoms with E-state index in [1.807, 2.05) is 61.3 Å². The molecule has 0 spiro atoms. The Balaban J connectivity index is 1.84. The third kappa shape index (κ3) is 5.11. The van der Waals surface area contributed by atoms with Gasteiger partial charge in [-0.3, -0.25) is 9.69 Å². The Morgan fingerprint density at radius 1 is 1.09 bits per heavy atom. The molecule has 4 heteroatoms. The summed E-state index contributed by atoms with van der Waals surface area (Å²) in [6.45, 7) is 3.19.